The molecule has 0 amide bonds. The smallest absolute Gasteiger partial charge is 0.175 e. The Bertz CT molecular complexity index is 604. The summed E-state index contributed by atoms with van der Waals surface area (Å²) in [5, 5.41) is 1.54. The van der Waals surface area contributed by atoms with Gasteiger partial charge in [0.2, 0.25) is 0 Å². The number of aryl methyl sites for hydroxylation is 1. The third kappa shape index (κ3) is 1.13. The summed E-state index contributed by atoms with van der Waals surface area (Å²) in [4.78, 5) is 8.29. The van der Waals surface area contributed by atoms with Gasteiger partial charge in [0.1, 0.15) is 11.8 Å². The Kier molecular flexibility index (Phi) is 1.70. The molecule has 2 aromatic heterocycles. The second kappa shape index (κ2) is 2.94. The third-order valence-corrected chi connectivity index (χ3v) is 2.71. The Morgan fingerprint density at radius 3 is 2.93 bits per heavy atom. The molecule has 1 aromatic carbocycles. The van der Waals surface area contributed by atoms with E-state index in [0.717, 1.165) is 16.6 Å². The van der Waals surface area contributed by atoms with E-state index in [-0.39, 0.29) is 0 Å². The lowest BCUT2D eigenvalue weighted by atomic mass is 10.2. The minimum atomic E-state index is 0.602. The van der Waals surface area contributed by atoms with E-state index in [1.165, 1.54) is 6.33 Å². The molecule has 0 spiro atoms. The number of hydrogen-bond donors (Lipinski definition) is 0. The van der Waals surface area contributed by atoms with Gasteiger partial charge in [0, 0.05) is 5.39 Å². The van der Waals surface area contributed by atoms with Crippen LogP contribution in [0.4, 0.5) is 0 Å². The van der Waals surface area contributed by atoms with Gasteiger partial charge in [-0.25, -0.2) is 9.97 Å². The lowest BCUT2D eigenvalue weighted by Crippen LogP contribution is -1.82. The lowest BCUT2D eigenvalue weighted by Gasteiger charge is -1.89. The number of halogens is 1. The van der Waals surface area contributed by atoms with Crippen molar-refractivity contribution >= 4 is 33.7 Å². The van der Waals surface area contributed by atoms with Gasteiger partial charge >= 0.3 is 0 Å². The van der Waals surface area contributed by atoms with Crippen LogP contribution in [-0.2, 0) is 0 Å². The van der Waals surface area contributed by atoms with Crippen molar-refractivity contribution in [1.82, 2.24) is 9.97 Å². The summed E-state index contributed by atoms with van der Waals surface area (Å²) in [6.07, 6.45) is 1.54. The van der Waals surface area contributed by atoms with Crippen LogP contribution in [0.1, 0.15) is 5.69 Å². The molecule has 74 valence electrons. The molecule has 2 heterocycles. The van der Waals surface area contributed by atoms with Crippen molar-refractivity contribution in [2.45, 2.75) is 6.92 Å². The molecule has 0 fully saturated rings. The van der Waals surface area contributed by atoms with Crippen molar-refractivity contribution in [2.24, 2.45) is 0 Å². The first-order valence-corrected chi connectivity index (χ1v) is 4.93. The van der Waals surface area contributed by atoms with Gasteiger partial charge in [-0.15, -0.1) is 0 Å². The number of furan rings is 1. The zero-order valence-corrected chi connectivity index (χ0v) is 8.75. The van der Waals surface area contributed by atoms with Crippen LogP contribution in [0.5, 0.6) is 0 Å². The first-order chi connectivity index (χ1) is 7.27. The van der Waals surface area contributed by atoms with Crippen LogP contribution in [0, 0.1) is 6.92 Å². The fourth-order valence-corrected chi connectivity index (χ4v) is 1.89. The van der Waals surface area contributed by atoms with Crippen LogP contribution >= 0.6 is 11.6 Å². The molecule has 3 rings (SSSR count). The molecule has 3 aromatic rings. The molecule has 0 aliphatic carbocycles. The van der Waals surface area contributed by atoms with Gasteiger partial charge in [-0.1, -0.05) is 17.7 Å². The molecule has 4 heteroatoms. The van der Waals surface area contributed by atoms with Crippen LogP contribution in [0.3, 0.4) is 0 Å². The number of benzene rings is 1. The molecule has 0 N–H and O–H groups in total. The first-order valence-electron chi connectivity index (χ1n) is 4.55. The minimum Gasteiger partial charge on any atom is -0.451 e. The quantitative estimate of drug-likeness (QED) is 0.581. The van der Waals surface area contributed by atoms with Crippen molar-refractivity contribution in [1.29, 1.82) is 0 Å². The summed E-state index contributed by atoms with van der Waals surface area (Å²) < 4.78 is 5.66. The van der Waals surface area contributed by atoms with Crippen LogP contribution in [0.2, 0.25) is 5.02 Å². The maximum atomic E-state index is 6.04. The Balaban J connectivity index is 2.63. The highest BCUT2D eigenvalue weighted by molar-refractivity contribution is 6.35. The molecule has 0 saturated heterocycles. The second-order valence-electron chi connectivity index (χ2n) is 3.36. The van der Waals surface area contributed by atoms with Crippen molar-refractivity contribution in [3.05, 3.63) is 35.2 Å². The predicted molar refractivity (Wildman–Crippen MR) is 59.1 cm³/mol. The molecule has 0 atom stereocenters. The van der Waals surface area contributed by atoms with Crippen molar-refractivity contribution in [3.8, 4) is 0 Å². The normalized spacial score (nSPS) is 11.3. The molecule has 15 heavy (non-hydrogen) atoms. The molecule has 0 aliphatic heterocycles. The zero-order chi connectivity index (χ0) is 10.4. The van der Waals surface area contributed by atoms with E-state index >= 15 is 0 Å². The fraction of sp³-hybridized carbons (Fsp3) is 0.0909. The summed E-state index contributed by atoms with van der Waals surface area (Å²) in [5.74, 6) is 0. The fourth-order valence-electron chi connectivity index (χ4n) is 1.68. The number of hydrogen-bond acceptors (Lipinski definition) is 3. The van der Waals surface area contributed by atoms with Gasteiger partial charge in [0.25, 0.3) is 0 Å². The largest absolute Gasteiger partial charge is 0.451 e. The zero-order valence-electron chi connectivity index (χ0n) is 7.99. The summed E-state index contributed by atoms with van der Waals surface area (Å²) >= 11 is 6.04. The number of para-hydroxylation sites is 1. The number of rotatable bonds is 0. The summed E-state index contributed by atoms with van der Waals surface area (Å²) in [6.45, 7) is 1.89. The molecule has 3 nitrogen and oxygen atoms in total. The van der Waals surface area contributed by atoms with E-state index in [1.807, 2.05) is 19.1 Å². The van der Waals surface area contributed by atoms with Gasteiger partial charge in [-0.05, 0) is 19.1 Å². The molecule has 0 saturated carbocycles. The average molecular weight is 219 g/mol. The molecule has 0 unspecified atom stereocenters. The van der Waals surface area contributed by atoms with Gasteiger partial charge in [0.05, 0.1) is 10.7 Å². The van der Waals surface area contributed by atoms with E-state index < -0.39 is 0 Å². The maximum Gasteiger partial charge on any atom is 0.175 e. The molecule has 0 aliphatic rings. The highest BCUT2D eigenvalue weighted by Crippen LogP contribution is 2.32. The van der Waals surface area contributed by atoms with Crippen LogP contribution in [0.15, 0.2) is 28.9 Å². The number of fused-ring (bicyclic) bond motifs is 3. The summed E-state index contributed by atoms with van der Waals surface area (Å²) in [5.41, 5.74) is 3.03. The van der Waals surface area contributed by atoms with Crippen LogP contribution in [-0.4, -0.2) is 9.97 Å². The van der Waals surface area contributed by atoms with Crippen molar-refractivity contribution < 1.29 is 4.42 Å². The van der Waals surface area contributed by atoms with Gasteiger partial charge < -0.3 is 4.42 Å². The highest BCUT2D eigenvalue weighted by Gasteiger charge is 2.12. The van der Waals surface area contributed by atoms with Gasteiger partial charge in [0.15, 0.2) is 11.2 Å². The molecule has 0 bridgehead atoms. The first kappa shape index (κ1) is 8.68. The second-order valence-corrected chi connectivity index (χ2v) is 3.76. The molecule has 0 radical (unpaired) electrons. The monoisotopic (exact) mass is 218 g/mol. The van der Waals surface area contributed by atoms with E-state index in [0.29, 0.717) is 16.2 Å². The lowest BCUT2D eigenvalue weighted by molar-refractivity contribution is 0.661. The topological polar surface area (TPSA) is 38.9 Å². The van der Waals surface area contributed by atoms with E-state index in [1.54, 1.807) is 6.07 Å². The Morgan fingerprint density at radius 2 is 2.07 bits per heavy atom. The van der Waals surface area contributed by atoms with E-state index in [2.05, 4.69) is 9.97 Å². The molecular formula is C11H7ClN2O. The highest BCUT2D eigenvalue weighted by atomic mass is 35.5. The number of nitrogens with zero attached hydrogens (tertiary/aromatic N) is 2. The standard InChI is InChI=1S/C11H7ClN2O/c1-6-10-9(14-5-13-6)7-3-2-4-8(12)11(7)15-10/h2-5H,1H3. The average Bonchev–Trinajstić information content (AvgIpc) is 2.60. The van der Waals surface area contributed by atoms with Gasteiger partial charge in [-0.3, -0.25) is 0 Å². The molecular weight excluding hydrogens is 212 g/mol. The van der Waals surface area contributed by atoms with Crippen LogP contribution < -0.4 is 0 Å². The third-order valence-electron chi connectivity index (χ3n) is 2.41. The predicted octanol–water partition coefficient (Wildman–Crippen LogP) is 3.34. The van der Waals surface area contributed by atoms with Crippen molar-refractivity contribution in [2.75, 3.05) is 0 Å². The minimum absolute atomic E-state index is 0.602. The van der Waals surface area contributed by atoms with E-state index in [4.69, 9.17) is 16.0 Å². The van der Waals surface area contributed by atoms with Gasteiger partial charge in [-0.2, -0.15) is 0 Å². The Labute approximate surface area is 90.7 Å². The summed E-state index contributed by atoms with van der Waals surface area (Å²) in [7, 11) is 0. The van der Waals surface area contributed by atoms with Crippen LogP contribution in [0.25, 0.3) is 22.1 Å². The SMILES string of the molecule is Cc1ncnc2c1oc1c(Cl)cccc12. The van der Waals surface area contributed by atoms with E-state index in [9.17, 15) is 0 Å². The summed E-state index contributed by atoms with van der Waals surface area (Å²) in [6, 6.07) is 5.63. The maximum absolute atomic E-state index is 6.04. The Morgan fingerprint density at radius 1 is 1.20 bits per heavy atom. The van der Waals surface area contributed by atoms with Crippen molar-refractivity contribution in [3.63, 3.8) is 0 Å². The Hall–Kier alpha value is -1.61. The number of aromatic nitrogens is 2.